The maximum absolute atomic E-state index is 6.03. The van der Waals surface area contributed by atoms with E-state index < -0.39 is 0 Å². The van der Waals surface area contributed by atoms with Crippen molar-refractivity contribution in [1.82, 2.24) is 0 Å². The Kier molecular flexibility index (Phi) is 5.85. The average Bonchev–Trinajstić information content (AvgIpc) is 2.56. The lowest BCUT2D eigenvalue weighted by Crippen LogP contribution is -1.99. The number of hydrogen-bond acceptors (Lipinski definition) is 2. The molecular weight excluding hydrogens is 332 g/mol. The number of rotatable bonds is 6. The van der Waals surface area contributed by atoms with Gasteiger partial charge in [0, 0.05) is 6.07 Å². The number of ether oxygens (including phenoxy) is 2. The molecule has 140 valence electrons. The van der Waals surface area contributed by atoms with Gasteiger partial charge in [0.1, 0.15) is 24.7 Å². The molecule has 2 heteroatoms. The first-order valence-corrected chi connectivity index (χ1v) is 9.39. The Morgan fingerprint density at radius 1 is 0.444 bits per heavy atom. The minimum absolute atomic E-state index is 0.558. The van der Waals surface area contributed by atoms with Crippen LogP contribution in [0.15, 0.2) is 54.6 Å². The van der Waals surface area contributed by atoms with E-state index in [1.807, 2.05) is 18.2 Å². The zero-order valence-electron chi connectivity index (χ0n) is 16.9. The summed E-state index contributed by atoms with van der Waals surface area (Å²) in [5.74, 6) is 1.68. The van der Waals surface area contributed by atoms with Gasteiger partial charge >= 0.3 is 0 Å². The molecule has 2 nitrogen and oxygen atoms in total. The van der Waals surface area contributed by atoms with E-state index in [9.17, 15) is 0 Å². The highest BCUT2D eigenvalue weighted by atomic mass is 16.5. The summed E-state index contributed by atoms with van der Waals surface area (Å²) in [5, 5.41) is 0. The van der Waals surface area contributed by atoms with Gasteiger partial charge in [0.05, 0.1) is 0 Å². The molecule has 0 unspecified atom stereocenters. The van der Waals surface area contributed by atoms with E-state index in [-0.39, 0.29) is 0 Å². The minimum Gasteiger partial charge on any atom is -0.489 e. The van der Waals surface area contributed by atoms with Crippen molar-refractivity contribution in [2.75, 3.05) is 0 Å². The monoisotopic (exact) mass is 360 g/mol. The molecule has 0 aliphatic carbocycles. The van der Waals surface area contributed by atoms with Crippen LogP contribution in [0.25, 0.3) is 0 Å². The normalized spacial score (nSPS) is 10.7. The smallest absolute Gasteiger partial charge is 0.123 e. The molecule has 3 aromatic carbocycles. The number of hydrogen-bond donors (Lipinski definition) is 0. The summed E-state index contributed by atoms with van der Waals surface area (Å²) in [5.41, 5.74) is 8.54. The van der Waals surface area contributed by atoms with Crippen molar-refractivity contribution >= 4 is 0 Å². The van der Waals surface area contributed by atoms with Crippen LogP contribution in [0.4, 0.5) is 0 Å². The number of aryl methyl sites for hydroxylation is 5. The molecule has 0 bridgehead atoms. The second-order valence-corrected chi connectivity index (χ2v) is 7.55. The SMILES string of the molecule is Cc1cc(C)cc(COc2cc(C)cc(OCc3cc(C)cc(C)c3)c2)c1. The lowest BCUT2D eigenvalue weighted by Gasteiger charge is -2.12. The van der Waals surface area contributed by atoms with Crippen molar-refractivity contribution in [1.29, 1.82) is 0 Å². The van der Waals surface area contributed by atoms with E-state index in [0.29, 0.717) is 13.2 Å². The van der Waals surface area contributed by atoms with Crippen molar-refractivity contribution in [2.24, 2.45) is 0 Å². The summed E-state index contributed by atoms with van der Waals surface area (Å²) >= 11 is 0. The Balaban J connectivity index is 1.68. The van der Waals surface area contributed by atoms with Crippen LogP contribution < -0.4 is 9.47 Å². The molecule has 0 fully saturated rings. The van der Waals surface area contributed by atoms with Gasteiger partial charge in [0.2, 0.25) is 0 Å². The molecular formula is C25H28O2. The summed E-state index contributed by atoms with van der Waals surface area (Å²) in [6, 6.07) is 19.1. The van der Waals surface area contributed by atoms with Crippen molar-refractivity contribution in [3.05, 3.63) is 93.5 Å². The Morgan fingerprint density at radius 2 is 0.778 bits per heavy atom. The quantitative estimate of drug-likeness (QED) is 0.507. The fraction of sp³-hybridized carbons (Fsp3) is 0.280. The maximum atomic E-state index is 6.03. The third kappa shape index (κ3) is 5.62. The molecule has 0 saturated carbocycles. The standard InChI is InChI=1S/C25H28O2/c1-17-6-18(2)9-22(8-17)15-26-24-12-21(5)13-25(14-24)27-16-23-10-19(3)7-20(4)11-23/h6-14H,15-16H2,1-5H3. The van der Waals surface area contributed by atoms with Crippen molar-refractivity contribution < 1.29 is 9.47 Å². The lowest BCUT2D eigenvalue weighted by molar-refractivity contribution is 0.289. The van der Waals surface area contributed by atoms with E-state index in [1.165, 1.54) is 33.4 Å². The second kappa shape index (κ2) is 8.30. The van der Waals surface area contributed by atoms with Crippen LogP contribution in [-0.4, -0.2) is 0 Å². The van der Waals surface area contributed by atoms with Gasteiger partial charge in [-0.2, -0.15) is 0 Å². The number of benzene rings is 3. The third-order valence-electron chi connectivity index (χ3n) is 4.40. The molecule has 0 aliphatic heterocycles. The summed E-state index contributed by atoms with van der Waals surface area (Å²) in [6.07, 6.45) is 0. The van der Waals surface area contributed by atoms with Gasteiger partial charge < -0.3 is 9.47 Å². The van der Waals surface area contributed by atoms with Crippen molar-refractivity contribution in [2.45, 2.75) is 47.8 Å². The highest BCUT2D eigenvalue weighted by Gasteiger charge is 2.04. The first kappa shape index (κ1) is 19.0. The van der Waals surface area contributed by atoms with Crippen LogP contribution in [0.3, 0.4) is 0 Å². The molecule has 0 amide bonds. The van der Waals surface area contributed by atoms with Crippen LogP contribution in [0, 0.1) is 34.6 Å². The summed E-state index contributed by atoms with van der Waals surface area (Å²) in [4.78, 5) is 0. The average molecular weight is 360 g/mol. The predicted octanol–water partition coefficient (Wildman–Crippen LogP) is 6.39. The van der Waals surface area contributed by atoms with Crippen LogP contribution >= 0.6 is 0 Å². The molecule has 3 rings (SSSR count). The topological polar surface area (TPSA) is 18.5 Å². The molecule has 3 aromatic rings. The Morgan fingerprint density at radius 3 is 1.15 bits per heavy atom. The fourth-order valence-corrected chi connectivity index (χ4v) is 3.52. The van der Waals surface area contributed by atoms with Gasteiger partial charge in [0.15, 0.2) is 0 Å². The van der Waals surface area contributed by atoms with E-state index >= 15 is 0 Å². The van der Waals surface area contributed by atoms with Gasteiger partial charge in [-0.1, -0.05) is 58.7 Å². The van der Waals surface area contributed by atoms with Crippen LogP contribution in [0.2, 0.25) is 0 Å². The van der Waals surface area contributed by atoms with Crippen molar-refractivity contribution in [3.8, 4) is 11.5 Å². The molecule has 0 heterocycles. The molecule has 0 aliphatic rings. The van der Waals surface area contributed by atoms with E-state index in [2.05, 4.69) is 71.0 Å². The first-order valence-electron chi connectivity index (χ1n) is 9.39. The van der Waals surface area contributed by atoms with Gasteiger partial charge in [-0.05, 0) is 63.4 Å². The first-order chi connectivity index (χ1) is 12.9. The van der Waals surface area contributed by atoms with E-state index in [4.69, 9.17) is 9.47 Å². The zero-order valence-corrected chi connectivity index (χ0v) is 16.9. The predicted molar refractivity (Wildman–Crippen MR) is 112 cm³/mol. The van der Waals surface area contributed by atoms with E-state index in [0.717, 1.165) is 17.1 Å². The molecule has 0 N–H and O–H groups in total. The molecule has 0 saturated heterocycles. The Labute approximate surface area is 162 Å². The summed E-state index contributed by atoms with van der Waals surface area (Å²) < 4.78 is 12.1. The summed E-state index contributed by atoms with van der Waals surface area (Å²) in [7, 11) is 0. The van der Waals surface area contributed by atoms with Crippen LogP contribution in [0.5, 0.6) is 11.5 Å². The zero-order chi connectivity index (χ0) is 19.4. The summed E-state index contributed by atoms with van der Waals surface area (Å²) in [6.45, 7) is 11.6. The molecule has 0 radical (unpaired) electrons. The Bertz CT molecular complexity index is 827. The molecule has 0 aromatic heterocycles. The third-order valence-corrected chi connectivity index (χ3v) is 4.40. The fourth-order valence-electron chi connectivity index (χ4n) is 3.52. The maximum Gasteiger partial charge on any atom is 0.123 e. The van der Waals surface area contributed by atoms with Gasteiger partial charge in [0.25, 0.3) is 0 Å². The van der Waals surface area contributed by atoms with Crippen LogP contribution in [-0.2, 0) is 13.2 Å². The van der Waals surface area contributed by atoms with Gasteiger partial charge in [-0.15, -0.1) is 0 Å². The molecule has 0 atom stereocenters. The Hall–Kier alpha value is -2.74. The minimum atomic E-state index is 0.558. The van der Waals surface area contributed by atoms with E-state index in [1.54, 1.807) is 0 Å². The lowest BCUT2D eigenvalue weighted by atomic mass is 10.1. The molecule has 0 spiro atoms. The highest BCUT2D eigenvalue weighted by molar-refractivity contribution is 5.38. The largest absolute Gasteiger partial charge is 0.489 e. The van der Waals surface area contributed by atoms with Crippen LogP contribution in [0.1, 0.15) is 38.9 Å². The second-order valence-electron chi connectivity index (χ2n) is 7.55. The highest BCUT2D eigenvalue weighted by Crippen LogP contribution is 2.25. The molecule has 27 heavy (non-hydrogen) atoms. The van der Waals surface area contributed by atoms with Gasteiger partial charge in [-0.25, -0.2) is 0 Å². The van der Waals surface area contributed by atoms with Crippen molar-refractivity contribution in [3.63, 3.8) is 0 Å². The van der Waals surface area contributed by atoms with Gasteiger partial charge in [-0.3, -0.25) is 0 Å².